The van der Waals surface area contributed by atoms with Crippen molar-refractivity contribution in [3.63, 3.8) is 0 Å². The van der Waals surface area contributed by atoms with Crippen LogP contribution in [0.3, 0.4) is 0 Å². The van der Waals surface area contributed by atoms with E-state index >= 15 is 0 Å². The van der Waals surface area contributed by atoms with Crippen LogP contribution >= 0.6 is 0 Å². The lowest BCUT2D eigenvalue weighted by atomic mass is 10.1. The van der Waals surface area contributed by atoms with E-state index in [9.17, 15) is 18.0 Å². The summed E-state index contributed by atoms with van der Waals surface area (Å²) in [6.45, 7) is 2.91. The molecule has 0 unspecified atom stereocenters. The summed E-state index contributed by atoms with van der Waals surface area (Å²) in [6, 6.07) is 6.45. The molecule has 0 aliphatic rings. The van der Waals surface area contributed by atoms with Gasteiger partial charge in [0.15, 0.2) is 0 Å². The number of carbonyl (C=O) groups is 1. The Morgan fingerprint density at radius 1 is 1.21 bits per heavy atom. The van der Waals surface area contributed by atoms with Crippen molar-refractivity contribution in [2.45, 2.75) is 38.9 Å². The molecule has 10 heteroatoms. The third-order valence-corrected chi connectivity index (χ3v) is 3.75. The van der Waals surface area contributed by atoms with Crippen molar-refractivity contribution >= 4 is 5.91 Å². The first-order chi connectivity index (χ1) is 13.3. The third kappa shape index (κ3) is 6.31. The summed E-state index contributed by atoms with van der Waals surface area (Å²) in [5, 5.41) is 4.62. The number of alkyl halides is 3. The number of methoxy groups -OCH3 is 1. The number of hydroxylamine groups is 2. The summed E-state index contributed by atoms with van der Waals surface area (Å²) in [5.41, 5.74) is 1.11. The monoisotopic (exact) mass is 401 g/mol. The molecule has 0 bridgehead atoms. The Labute approximate surface area is 160 Å². The second kappa shape index (κ2) is 10.2. The van der Waals surface area contributed by atoms with Gasteiger partial charge >= 0.3 is 12.1 Å². The van der Waals surface area contributed by atoms with E-state index in [1.165, 1.54) is 12.2 Å². The van der Waals surface area contributed by atoms with Gasteiger partial charge in [-0.25, -0.2) is 5.06 Å². The largest absolute Gasteiger partial charge is 0.471 e. The first kappa shape index (κ1) is 21.8. The van der Waals surface area contributed by atoms with Crippen LogP contribution in [-0.2, 0) is 27.1 Å². The minimum Gasteiger partial charge on any atom is -0.384 e. The fraction of sp³-hybridized carbons (Fsp3) is 0.500. The molecule has 1 heterocycles. The van der Waals surface area contributed by atoms with E-state index in [0.29, 0.717) is 12.2 Å². The molecule has 1 aromatic heterocycles. The van der Waals surface area contributed by atoms with Crippen molar-refractivity contribution < 1.29 is 32.1 Å². The number of aromatic nitrogens is 2. The predicted octanol–water partition coefficient (Wildman–Crippen LogP) is 3.85. The fourth-order valence-electron chi connectivity index (χ4n) is 2.22. The van der Waals surface area contributed by atoms with Gasteiger partial charge in [-0.1, -0.05) is 42.8 Å². The van der Waals surface area contributed by atoms with Crippen molar-refractivity contribution in [2.24, 2.45) is 0 Å². The van der Waals surface area contributed by atoms with Crippen LogP contribution in [0.25, 0.3) is 11.4 Å². The SMILES string of the molecule is CCCCON(Cc1ccc(-c2noc(C(F)(F)F)n2)cc1)C(=O)CCOC. The average molecular weight is 401 g/mol. The molecule has 7 nitrogen and oxygen atoms in total. The van der Waals surface area contributed by atoms with Crippen LogP contribution in [0.15, 0.2) is 28.8 Å². The molecule has 0 saturated heterocycles. The van der Waals surface area contributed by atoms with Gasteiger partial charge in [-0.05, 0) is 12.0 Å². The van der Waals surface area contributed by atoms with Crippen LogP contribution < -0.4 is 0 Å². The summed E-state index contributed by atoms with van der Waals surface area (Å²) in [7, 11) is 1.51. The van der Waals surface area contributed by atoms with Crippen LogP contribution in [-0.4, -0.2) is 41.4 Å². The Hall–Kier alpha value is -2.46. The van der Waals surface area contributed by atoms with Gasteiger partial charge in [0.2, 0.25) is 11.7 Å². The van der Waals surface area contributed by atoms with Gasteiger partial charge in [0.1, 0.15) is 0 Å². The molecule has 0 fully saturated rings. The van der Waals surface area contributed by atoms with E-state index in [0.717, 1.165) is 18.4 Å². The number of rotatable bonds is 10. The molecule has 1 aromatic carbocycles. The number of hydrogen-bond acceptors (Lipinski definition) is 6. The van der Waals surface area contributed by atoms with Crippen LogP contribution in [0, 0.1) is 0 Å². The quantitative estimate of drug-likeness (QED) is 0.445. The standard InChI is InChI=1S/C18H22F3N3O4/c1-3-4-10-27-24(15(25)9-11-26-2)12-13-5-7-14(8-6-13)16-22-17(28-23-16)18(19,20)21/h5-8H,3-4,9-12H2,1-2H3. The third-order valence-electron chi connectivity index (χ3n) is 3.75. The summed E-state index contributed by atoms with van der Waals surface area (Å²) in [6.07, 6.45) is -2.76. The van der Waals surface area contributed by atoms with Crippen LogP contribution in [0.5, 0.6) is 0 Å². The first-order valence-corrected chi connectivity index (χ1v) is 8.77. The normalized spacial score (nSPS) is 11.6. The van der Waals surface area contributed by atoms with Crippen molar-refractivity contribution in [3.05, 3.63) is 35.7 Å². The zero-order valence-corrected chi connectivity index (χ0v) is 15.7. The molecule has 0 atom stereocenters. The minimum absolute atomic E-state index is 0.161. The zero-order chi connectivity index (χ0) is 20.6. The van der Waals surface area contributed by atoms with E-state index in [1.807, 2.05) is 6.92 Å². The smallest absolute Gasteiger partial charge is 0.384 e. The Balaban J connectivity index is 2.06. The highest BCUT2D eigenvalue weighted by molar-refractivity contribution is 5.75. The molecule has 2 aromatic rings. The van der Waals surface area contributed by atoms with Gasteiger partial charge in [-0.2, -0.15) is 18.2 Å². The number of amides is 1. The number of hydrogen-bond donors (Lipinski definition) is 0. The lowest BCUT2D eigenvalue weighted by Crippen LogP contribution is -2.31. The van der Waals surface area contributed by atoms with E-state index in [2.05, 4.69) is 14.7 Å². The molecule has 0 N–H and O–H groups in total. The highest BCUT2D eigenvalue weighted by Crippen LogP contribution is 2.29. The number of unbranched alkanes of at least 4 members (excludes halogenated alkanes) is 1. The number of benzene rings is 1. The molecular formula is C18H22F3N3O4. The minimum atomic E-state index is -4.69. The molecule has 1 amide bonds. The average Bonchev–Trinajstić information content (AvgIpc) is 3.16. The second-order valence-corrected chi connectivity index (χ2v) is 5.98. The topological polar surface area (TPSA) is 77.7 Å². The predicted molar refractivity (Wildman–Crippen MR) is 92.6 cm³/mol. The van der Waals surface area contributed by atoms with Gasteiger partial charge < -0.3 is 9.26 Å². The van der Waals surface area contributed by atoms with Gasteiger partial charge in [-0.15, -0.1) is 0 Å². The van der Waals surface area contributed by atoms with Crippen molar-refractivity contribution in [1.29, 1.82) is 0 Å². The maximum absolute atomic E-state index is 12.6. The van der Waals surface area contributed by atoms with Gasteiger partial charge in [0.25, 0.3) is 0 Å². The number of nitrogens with zero attached hydrogens (tertiary/aromatic N) is 3. The molecule has 2 rings (SSSR count). The Morgan fingerprint density at radius 3 is 2.50 bits per heavy atom. The van der Waals surface area contributed by atoms with E-state index in [1.54, 1.807) is 24.3 Å². The summed E-state index contributed by atoms with van der Waals surface area (Å²) >= 11 is 0. The maximum atomic E-state index is 12.6. The Kier molecular flexibility index (Phi) is 7.94. The number of carbonyl (C=O) groups excluding carboxylic acids is 1. The van der Waals surface area contributed by atoms with Crippen LogP contribution in [0.4, 0.5) is 13.2 Å². The first-order valence-electron chi connectivity index (χ1n) is 8.77. The number of halogens is 3. The molecule has 0 radical (unpaired) electrons. The molecule has 0 saturated carbocycles. The van der Waals surface area contributed by atoms with Crippen molar-refractivity contribution in [3.8, 4) is 11.4 Å². The van der Waals surface area contributed by atoms with Crippen LogP contribution in [0.1, 0.15) is 37.6 Å². The van der Waals surface area contributed by atoms with Gasteiger partial charge in [-0.3, -0.25) is 9.63 Å². The van der Waals surface area contributed by atoms with Crippen LogP contribution in [0.2, 0.25) is 0 Å². The van der Waals surface area contributed by atoms with Gasteiger partial charge in [0.05, 0.1) is 26.2 Å². The van der Waals surface area contributed by atoms with Crippen molar-refractivity contribution in [2.75, 3.05) is 20.3 Å². The second-order valence-electron chi connectivity index (χ2n) is 5.98. The molecular weight excluding hydrogens is 379 g/mol. The van der Waals surface area contributed by atoms with E-state index in [4.69, 9.17) is 9.57 Å². The van der Waals surface area contributed by atoms with E-state index in [-0.39, 0.29) is 31.3 Å². The van der Waals surface area contributed by atoms with Gasteiger partial charge in [0, 0.05) is 12.7 Å². The maximum Gasteiger partial charge on any atom is 0.471 e. The van der Waals surface area contributed by atoms with E-state index < -0.39 is 12.1 Å². The molecule has 0 aliphatic heterocycles. The Morgan fingerprint density at radius 2 is 1.93 bits per heavy atom. The highest BCUT2D eigenvalue weighted by Gasteiger charge is 2.38. The lowest BCUT2D eigenvalue weighted by Gasteiger charge is -2.22. The number of ether oxygens (including phenoxy) is 1. The summed E-state index contributed by atoms with van der Waals surface area (Å²) < 4.78 is 46.8. The molecule has 0 aliphatic carbocycles. The zero-order valence-electron chi connectivity index (χ0n) is 15.7. The summed E-state index contributed by atoms with van der Waals surface area (Å²) in [4.78, 5) is 21.2. The Bertz CT molecular complexity index is 747. The molecule has 28 heavy (non-hydrogen) atoms. The lowest BCUT2D eigenvalue weighted by molar-refractivity contribution is -0.191. The summed E-state index contributed by atoms with van der Waals surface area (Å²) in [5.74, 6) is -1.77. The van der Waals surface area contributed by atoms with Crippen molar-refractivity contribution in [1.82, 2.24) is 15.2 Å². The highest BCUT2D eigenvalue weighted by atomic mass is 19.4. The molecule has 0 spiro atoms. The fourth-order valence-corrected chi connectivity index (χ4v) is 2.22. The molecule has 154 valence electrons.